The van der Waals surface area contributed by atoms with Crippen molar-refractivity contribution in [3.63, 3.8) is 0 Å². The summed E-state index contributed by atoms with van der Waals surface area (Å²) in [4.78, 5) is 2.65. The van der Waals surface area contributed by atoms with Crippen molar-refractivity contribution < 1.29 is 4.58 Å². The molecule has 2 aliphatic rings. The zero-order valence-electron chi connectivity index (χ0n) is 13.8. The molecule has 0 aliphatic carbocycles. The molecule has 21 heavy (non-hydrogen) atoms. The molecule has 0 unspecified atom stereocenters. The van der Waals surface area contributed by atoms with Crippen molar-refractivity contribution in [1.82, 2.24) is 4.90 Å². The summed E-state index contributed by atoms with van der Waals surface area (Å²) in [5, 5.41) is 0. The molecule has 0 radical (unpaired) electrons. The molecule has 0 aromatic rings. The summed E-state index contributed by atoms with van der Waals surface area (Å²) in [6, 6.07) is 0. The summed E-state index contributed by atoms with van der Waals surface area (Å²) in [6.45, 7) is 7.28. The van der Waals surface area contributed by atoms with Crippen molar-refractivity contribution in [3.05, 3.63) is 10.3 Å². The van der Waals surface area contributed by atoms with Crippen LogP contribution in [-0.2, 0) is 0 Å². The first-order valence-corrected chi connectivity index (χ1v) is 10.8. The molecule has 0 aromatic heterocycles. The average molecular weight is 328 g/mol. The molecule has 0 aromatic carbocycles. The molecule has 0 N–H and O–H groups in total. The lowest BCUT2D eigenvalue weighted by atomic mass is 10.1. The summed E-state index contributed by atoms with van der Waals surface area (Å²) in [6.07, 6.45) is 14.2. The highest BCUT2D eigenvalue weighted by molar-refractivity contribution is 8.22. The Morgan fingerprint density at radius 3 is 2.33 bits per heavy atom. The molecule has 0 bridgehead atoms. The van der Waals surface area contributed by atoms with E-state index in [1.165, 1.54) is 87.0 Å². The molecular weight excluding hydrogens is 296 g/mol. The molecule has 4 heteroatoms. The van der Waals surface area contributed by atoms with Crippen LogP contribution in [0, 0.1) is 0 Å². The number of likely N-dealkylation sites (tertiary alicyclic amines) is 1. The third-order valence-electron chi connectivity index (χ3n) is 4.26. The number of amidine groups is 1. The van der Waals surface area contributed by atoms with Gasteiger partial charge in [0.2, 0.25) is 0 Å². The molecule has 2 rings (SSSR count). The van der Waals surface area contributed by atoms with E-state index in [4.69, 9.17) is 0 Å². The molecule has 2 aliphatic heterocycles. The van der Waals surface area contributed by atoms with Gasteiger partial charge in [-0.25, -0.2) is 0 Å². The first-order valence-electron chi connectivity index (χ1n) is 8.60. The van der Waals surface area contributed by atoms with E-state index in [0.29, 0.717) is 0 Å². The summed E-state index contributed by atoms with van der Waals surface area (Å²) in [7, 11) is 0. The molecule has 2 nitrogen and oxygen atoms in total. The van der Waals surface area contributed by atoms with Gasteiger partial charge in [0.25, 0.3) is 5.84 Å². The third kappa shape index (κ3) is 5.55. The molecule has 2 fully saturated rings. The maximum absolute atomic E-state index is 2.65. The summed E-state index contributed by atoms with van der Waals surface area (Å²) in [5.41, 5.74) is 0. The summed E-state index contributed by atoms with van der Waals surface area (Å²) in [5.74, 6) is 2.75. The standard InChI is InChI=1S/C17H31N2S2/c1-3-14-21-17(20-2)15-16(18-10-6-4-7-11-18)19-12-8-5-9-13-19/h15H,3-14H2,1-2H3/q+1/b17-15+. The van der Waals surface area contributed by atoms with Crippen LogP contribution in [0.2, 0.25) is 0 Å². The normalized spacial score (nSPS) is 20.8. The lowest BCUT2D eigenvalue weighted by Crippen LogP contribution is -2.42. The SMILES string of the molecule is CCCS/C(=C/C(N1CCCCC1)=[N+]1CCCCC1)SC. The van der Waals surface area contributed by atoms with Crippen LogP contribution in [0.4, 0.5) is 0 Å². The van der Waals surface area contributed by atoms with Crippen LogP contribution in [0.3, 0.4) is 0 Å². The van der Waals surface area contributed by atoms with Crippen LogP contribution >= 0.6 is 23.5 Å². The van der Waals surface area contributed by atoms with Crippen molar-refractivity contribution in [2.24, 2.45) is 0 Å². The minimum Gasteiger partial charge on any atom is -0.262 e. The second-order valence-electron chi connectivity index (χ2n) is 5.97. The van der Waals surface area contributed by atoms with Crippen molar-refractivity contribution in [1.29, 1.82) is 0 Å². The highest BCUT2D eigenvalue weighted by Crippen LogP contribution is 2.27. The fourth-order valence-electron chi connectivity index (χ4n) is 3.10. The number of rotatable bonds is 5. The van der Waals surface area contributed by atoms with E-state index in [1.807, 2.05) is 23.5 Å². The highest BCUT2D eigenvalue weighted by atomic mass is 32.2. The van der Waals surface area contributed by atoms with E-state index in [0.717, 1.165) is 0 Å². The maximum Gasteiger partial charge on any atom is 0.273 e. The van der Waals surface area contributed by atoms with Crippen molar-refractivity contribution >= 4 is 29.4 Å². The smallest absolute Gasteiger partial charge is 0.262 e. The van der Waals surface area contributed by atoms with E-state index < -0.39 is 0 Å². The minimum absolute atomic E-state index is 1.24. The Bertz CT molecular complexity index is 363. The van der Waals surface area contributed by atoms with Crippen LogP contribution in [0.1, 0.15) is 51.9 Å². The van der Waals surface area contributed by atoms with Crippen LogP contribution in [0.25, 0.3) is 0 Å². The van der Waals surface area contributed by atoms with Crippen LogP contribution < -0.4 is 0 Å². The first kappa shape index (κ1) is 17.3. The Labute approximate surface area is 139 Å². The zero-order chi connectivity index (χ0) is 14.9. The largest absolute Gasteiger partial charge is 0.273 e. The van der Waals surface area contributed by atoms with Gasteiger partial charge in [0, 0.05) is 10.3 Å². The van der Waals surface area contributed by atoms with Gasteiger partial charge >= 0.3 is 0 Å². The number of nitrogens with zero attached hydrogens (tertiary/aromatic N) is 2. The predicted molar refractivity (Wildman–Crippen MR) is 98.6 cm³/mol. The fraction of sp³-hybridized carbons (Fsp3) is 0.824. The Morgan fingerprint density at radius 2 is 1.71 bits per heavy atom. The van der Waals surface area contributed by atoms with Crippen molar-refractivity contribution in [3.8, 4) is 0 Å². The quantitative estimate of drug-likeness (QED) is 0.545. The summed E-state index contributed by atoms with van der Waals surface area (Å²) < 4.78 is 4.14. The Kier molecular flexibility index (Phi) is 8.08. The third-order valence-corrected chi connectivity index (χ3v) is 6.65. The minimum atomic E-state index is 1.24. The van der Waals surface area contributed by atoms with Crippen molar-refractivity contribution in [2.45, 2.75) is 51.9 Å². The average Bonchev–Trinajstić information content (AvgIpc) is 2.57. The molecule has 0 atom stereocenters. The van der Waals surface area contributed by atoms with E-state index in [1.54, 1.807) is 0 Å². The van der Waals surface area contributed by atoms with Gasteiger partial charge in [-0.15, -0.1) is 23.5 Å². The second kappa shape index (κ2) is 9.83. The van der Waals surface area contributed by atoms with E-state index in [9.17, 15) is 0 Å². The molecule has 0 saturated carbocycles. The zero-order valence-corrected chi connectivity index (χ0v) is 15.4. The molecular formula is C17H31N2S2+. The van der Waals surface area contributed by atoms with E-state index in [2.05, 4.69) is 28.7 Å². The first-order chi connectivity index (χ1) is 10.3. The lowest BCUT2D eigenvalue weighted by Gasteiger charge is -2.26. The number of piperidine rings is 2. The Morgan fingerprint density at radius 1 is 1.05 bits per heavy atom. The van der Waals surface area contributed by atoms with E-state index in [-0.39, 0.29) is 0 Å². The van der Waals surface area contributed by atoms with Gasteiger partial charge in [0.15, 0.2) is 0 Å². The molecule has 0 amide bonds. The highest BCUT2D eigenvalue weighted by Gasteiger charge is 2.25. The Hall–Kier alpha value is -0.0900. The maximum atomic E-state index is 2.65. The molecule has 120 valence electrons. The van der Waals surface area contributed by atoms with Crippen LogP contribution in [0.5, 0.6) is 0 Å². The topological polar surface area (TPSA) is 6.25 Å². The van der Waals surface area contributed by atoms with Gasteiger partial charge in [-0.05, 0) is 57.0 Å². The molecule has 2 heterocycles. The lowest BCUT2D eigenvalue weighted by molar-refractivity contribution is -0.541. The summed E-state index contributed by atoms with van der Waals surface area (Å²) >= 11 is 3.94. The number of hydrogen-bond donors (Lipinski definition) is 0. The molecule has 0 spiro atoms. The van der Waals surface area contributed by atoms with Gasteiger partial charge in [-0.3, -0.25) is 9.48 Å². The van der Waals surface area contributed by atoms with E-state index >= 15 is 0 Å². The van der Waals surface area contributed by atoms with Crippen molar-refractivity contribution in [2.75, 3.05) is 38.2 Å². The fourth-order valence-corrected chi connectivity index (χ4v) is 4.63. The molecule has 2 saturated heterocycles. The van der Waals surface area contributed by atoms with Gasteiger partial charge in [-0.1, -0.05) is 6.92 Å². The van der Waals surface area contributed by atoms with Gasteiger partial charge in [0.05, 0.1) is 26.2 Å². The second-order valence-corrected chi connectivity index (χ2v) is 8.21. The van der Waals surface area contributed by atoms with Gasteiger partial charge < -0.3 is 0 Å². The van der Waals surface area contributed by atoms with Gasteiger partial charge in [-0.2, -0.15) is 0 Å². The van der Waals surface area contributed by atoms with Crippen LogP contribution in [0.15, 0.2) is 10.3 Å². The van der Waals surface area contributed by atoms with Gasteiger partial charge in [0.1, 0.15) is 0 Å². The Balaban J connectivity index is 2.19. The van der Waals surface area contributed by atoms with Crippen LogP contribution in [-0.4, -0.2) is 53.5 Å². The number of thioether (sulfide) groups is 2. The predicted octanol–water partition coefficient (Wildman–Crippen LogP) is 4.41. The number of hydrogen-bond acceptors (Lipinski definition) is 2. The monoisotopic (exact) mass is 327 g/mol.